The molecule has 2 aliphatic heterocycles. The van der Waals surface area contributed by atoms with Crippen molar-refractivity contribution >= 4 is 17.5 Å². The molecule has 118 valence electrons. The predicted octanol–water partition coefficient (Wildman–Crippen LogP) is 1.10. The molecule has 0 unspecified atom stereocenters. The highest BCUT2D eigenvalue weighted by atomic mass is 19.1. The summed E-state index contributed by atoms with van der Waals surface area (Å²) in [6.45, 7) is 6.51. The first-order chi connectivity index (χ1) is 10.6. The Morgan fingerprint density at radius 2 is 1.91 bits per heavy atom. The maximum atomic E-state index is 13.3. The van der Waals surface area contributed by atoms with E-state index in [1.807, 2.05) is 0 Å². The third-order valence-corrected chi connectivity index (χ3v) is 4.48. The number of imide groups is 1. The Labute approximate surface area is 129 Å². The van der Waals surface area contributed by atoms with Crippen LogP contribution in [0.15, 0.2) is 24.3 Å². The van der Waals surface area contributed by atoms with Gasteiger partial charge in [0.25, 0.3) is 5.91 Å². The summed E-state index contributed by atoms with van der Waals surface area (Å²) in [6, 6.07) is 5.23. The number of hydrogen-bond acceptors (Lipinski definition) is 4. The number of nitrogens with zero attached hydrogens (tertiary/aromatic N) is 3. The smallest absolute Gasteiger partial charge is 0.251 e. The molecule has 1 aromatic rings. The highest BCUT2D eigenvalue weighted by molar-refractivity contribution is 6.22. The molecule has 0 radical (unpaired) electrons. The number of rotatable bonds is 3. The Balaban J connectivity index is 1.75. The van der Waals surface area contributed by atoms with Crippen LogP contribution < -0.4 is 4.90 Å². The molecule has 3 rings (SSSR count). The lowest BCUT2D eigenvalue weighted by molar-refractivity contribution is -0.123. The second-order valence-corrected chi connectivity index (χ2v) is 5.74. The van der Waals surface area contributed by atoms with Gasteiger partial charge in [0.05, 0.1) is 18.2 Å². The van der Waals surface area contributed by atoms with Gasteiger partial charge in [-0.2, -0.15) is 0 Å². The van der Waals surface area contributed by atoms with Crippen LogP contribution in [0, 0.1) is 5.82 Å². The summed E-state index contributed by atoms with van der Waals surface area (Å²) in [7, 11) is 0. The van der Waals surface area contributed by atoms with Crippen LogP contribution in [-0.4, -0.2) is 60.4 Å². The lowest BCUT2D eigenvalue weighted by Gasteiger charge is -2.36. The Morgan fingerprint density at radius 3 is 2.55 bits per heavy atom. The van der Waals surface area contributed by atoms with Gasteiger partial charge in [0.15, 0.2) is 0 Å². The number of benzene rings is 1. The molecule has 22 heavy (non-hydrogen) atoms. The number of likely N-dealkylation sites (N-methyl/N-ethyl adjacent to an activating group) is 1. The molecule has 0 spiro atoms. The van der Waals surface area contributed by atoms with E-state index in [2.05, 4.69) is 16.7 Å². The van der Waals surface area contributed by atoms with Gasteiger partial charge in [-0.1, -0.05) is 13.0 Å². The fourth-order valence-corrected chi connectivity index (χ4v) is 3.18. The highest BCUT2D eigenvalue weighted by Gasteiger charge is 2.43. The topological polar surface area (TPSA) is 43.9 Å². The highest BCUT2D eigenvalue weighted by Crippen LogP contribution is 2.26. The molecule has 1 aromatic carbocycles. The first-order valence-electron chi connectivity index (χ1n) is 7.69. The van der Waals surface area contributed by atoms with Crippen molar-refractivity contribution in [1.29, 1.82) is 0 Å². The fraction of sp³-hybridized carbons (Fsp3) is 0.500. The molecule has 1 atom stereocenters. The monoisotopic (exact) mass is 305 g/mol. The summed E-state index contributed by atoms with van der Waals surface area (Å²) in [5.41, 5.74) is 0.324. The van der Waals surface area contributed by atoms with Gasteiger partial charge in [0.1, 0.15) is 5.82 Å². The van der Waals surface area contributed by atoms with Crippen molar-refractivity contribution in [2.24, 2.45) is 0 Å². The largest absolute Gasteiger partial charge is 0.301 e. The van der Waals surface area contributed by atoms with Crippen LogP contribution >= 0.6 is 0 Å². The minimum Gasteiger partial charge on any atom is -0.301 e. The van der Waals surface area contributed by atoms with Gasteiger partial charge < -0.3 is 4.90 Å². The standard InChI is InChI=1S/C16H20FN3O2/c1-2-18-6-8-19(9-7-18)14-11-15(21)20(16(14)22)13-5-3-4-12(17)10-13/h3-5,10,14H,2,6-9,11H2,1H3/t14-/m0/s1. The molecule has 0 bridgehead atoms. The molecule has 5 nitrogen and oxygen atoms in total. The van der Waals surface area contributed by atoms with E-state index in [0.29, 0.717) is 5.69 Å². The minimum absolute atomic E-state index is 0.182. The quantitative estimate of drug-likeness (QED) is 0.784. The second-order valence-electron chi connectivity index (χ2n) is 5.74. The first kappa shape index (κ1) is 15.1. The number of piperazine rings is 1. The van der Waals surface area contributed by atoms with Crippen molar-refractivity contribution in [3.05, 3.63) is 30.1 Å². The maximum Gasteiger partial charge on any atom is 0.251 e. The number of carbonyl (C=O) groups excluding carboxylic acids is 2. The summed E-state index contributed by atoms with van der Waals surface area (Å²) in [5, 5.41) is 0. The van der Waals surface area contributed by atoms with E-state index in [9.17, 15) is 14.0 Å². The van der Waals surface area contributed by atoms with E-state index in [1.165, 1.54) is 18.2 Å². The van der Waals surface area contributed by atoms with Crippen LogP contribution in [0.25, 0.3) is 0 Å². The molecular formula is C16H20FN3O2. The SMILES string of the molecule is CCN1CCN([C@H]2CC(=O)N(c3cccc(F)c3)C2=O)CC1. The zero-order valence-corrected chi connectivity index (χ0v) is 12.7. The minimum atomic E-state index is -0.446. The third-order valence-electron chi connectivity index (χ3n) is 4.48. The predicted molar refractivity (Wildman–Crippen MR) is 81.0 cm³/mol. The van der Waals surface area contributed by atoms with Crippen LogP contribution in [-0.2, 0) is 9.59 Å². The Morgan fingerprint density at radius 1 is 1.18 bits per heavy atom. The van der Waals surface area contributed by atoms with Crippen LogP contribution in [0.3, 0.4) is 0 Å². The Bertz CT molecular complexity index is 585. The summed E-state index contributed by atoms with van der Waals surface area (Å²) in [6.07, 6.45) is 0.182. The van der Waals surface area contributed by atoms with E-state index in [-0.39, 0.29) is 18.2 Å². The molecule has 0 aliphatic carbocycles. The van der Waals surface area contributed by atoms with E-state index < -0.39 is 11.9 Å². The molecule has 2 saturated heterocycles. The van der Waals surface area contributed by atoms with Gasteiger partial charge in [-0.3, -0.25) is 14.5 Å². The second kappa shape index (κ2) is 6.14. The lowest BCUT2D eigenvalue weighted by Crippen LogP contribution is -2.52. The molecule has 2 heterocycles. The van der Waals surface area contributed by atoms with E-state index in [0.717, 1.165) is 37.6 Å². The van der Waals surface area contributed by atoms with E-state index in [4.69, 9.17) is 0 Å². The Hall–Kier alpha value is -1.79. The summed E-state index contributed by atoms with van der Waals surface area (Å²) in [4.78, 5) is 30.3. The molecule has 2 amide bonds. The number of hydrogen-bond donors (Lipinski definition) is 0. The van der Waals surface area contributed by atoms with Crippen LogP contribution in [0.4, 0.5) is 10.1 Å². The van der Waals surface area contributed by atoms with Crippen molar-refractivity contribution < 1.29 is 14.0 Å². The normalized spacial score (nSPS) is 24.3. The van der Waals surface area contributed by atoms with E-state index in [1.54, 1.807) is 6.07 Å². The zero-order chi connectivity index (χ0) is 15.7. The van der Waals surface area contributed by atoms with Gasteiger partial charge >= 0.3 is 0 Å². The van der Waals surface area contributed by atoms with Crippen molar-refractivity contribution in [2.45, 2.75) is 19.4 Å². The third kappa shape index (κ3) is 2.76. The van der Waals surface area contributed by atoms with Gasteiger partial charge in [0, 0.05) is 26.2 Å². The average molecular weight is 305 g/mol. The molecular weight excluding hydrogens is 285 g/mol. The molecule has 2 fully saturated rings. The number of halogens is 1. The molecule has 0 saturated carbocycles. The lowest BCUT2D eigenvalue weighted by atomic mass is 10.1. The van der Waals surface area contributed by atoms with Gasteiger partial charge in [-0.25, -0.2) is 9.29 Å². The molecule has 0 aromatic heterocycles. The average Bonchev–Trinajstić information content (AvgIpc) is 2.82. The van der Waals surface area contributed by atoms with Gasteiger partial charge in [0.2, 0.25) is 5.91 Å². The van der Waals surface area contributed by atoms with Gasteiger partial charge in [-0.15, -0.1) is 0 Å². The molecule has 0 N–H and O–H groups in total. The molecule has 2 aliphatic rings. The fourth-order valence-electron chi connectivity index (χ4n) is 3.18. The zero-order valence-electron chi connectivity index (χ0n) is 12.7. The first-order valence-corrected chi connectivity index (χ1v) is 7.69. The summed E-state index contributed by atoms with van der Waals surface area (Å²) < 4.78 is 13.3. The Kier molecular flexibility index (Phi) is 4.22. The van der Waals surface area contributed by atoms with Crippen LogP contribution in [0.2, 0.25) is 0 Å². The summed E-state index contributed by atoms with van der Waals surface area (Å²) >= 11 is 0. The number of carbonyl (C=O) groups is 2. The number of anilines is 1. The maximum absolute atomic E-state index is 13.3. The van der Waals surface area contributed by atoms with Crippen molar-refractivity contribution in [2.75, 3.05) is 37.6 Å². The van der Waals surface area contributed by atoms with E-state index >= 15 is 0 Å². The molecule has 6 heteroatoms. The van der Waals surface area contributed by atoms with Crippen molar-refractivity contribution in [3.8, 4) is 0 Å². The van der Waals surface area contributed by atoms with Gasteiger partial charge in [-0.05, 0) is 24.7 Å². The summed E-state index contributed by atoms with van der Waals surface area (Å²) in [5.74, 6) is -0.933. The van der Waals surface area contributed by atoms with Crippen molar-refractivity contribution in [1.82, 2.24) is 9.80 Å². The number of amides is 2. The van der Waals surface area contributed by atoms with Crippen LogP contribution in [0.1, 0.15) is 13.3 Å². The van der Waals surface area contributed by atoms with Crippen LogP contribution in [0.5, 0.6) is 0 Å². The van der Waals surface area contributed by atoms with Crippen molar-refractivity contribution in [3.63, 3.8) is 0 Å².